The third-order valence-corrected chi connectivity index (χ3v) is 1.90. The fourth-order valence-electron chi connectivity index (χ4n) is 0.914. The molecule has 0 heterocycles. The van der Waals surface area contributed by atoms with Crippen molar-refractivity contribution in [1.82, 2.24) is 5.32 Å². The number of rotatable bonds is 6. The third kappa shape index (κ3) is 5.94. The second-order valence-corrected chi connectivity index (χ2v) is 3.96. The number of aliphatic hydroxyl groups is 1. The van der Waals surface area contributed by atoms with Crippen molar-refractivity contribution in [3.05, 3.63) is 0 Å². The van der Waals surface area contributed by atoms with Crippen LogP contribution >= 0.6 is 0 Å². The van der Waals surface area contributed by atoms with Crippen molar-refractivity contribution in [3.8, 4) is 0 Å². The van der Waals surface area contributed by atoms with E-state index in [1.54, 1.807) is 0 Å². The van der Waals surface area contributed by atoms with Gasteiger partial charge in [0.05, 0.1) is 18.8 Å². The fourth-order valence-corrected chi connectivity index (χ4v) is 0.914. The van der Waals surface area contributed by atoms with Gasteiger partial charge in [0.2, 0.25) is 5.91 Å². The quantitative estimate of drug-likeness (QED) is 0.662. The molecule has 0 aromatic heterocycles. The van der Waals surface area contributed by atoms with E-state index in [0.717, 1.165) is 0 Å². The minimum Gasteiger partial charge on any atom is -0.394 e. The predicted molar refractivity (Wildman–Crippen MR) is 54.9 cm³/mol. The van der Waals surface area contributed by atoms with Gasteiger partial charge < -0.3 is 15.2 Å². The van der Waals surface area contributed by atoms with Gasteiger partial charge in [0.25, 0.3) is 0 Å². The van der Waals surface area contributed by atoms with Crippen LogP contribution in [-0.4, -0.2) is 36.4 Å². The Morgan fingerprint density at radius 2 is 1.93 bits per heavy atom. The van der Waals surface area contributed by atoms with Crippen molar-refractivity contribution >= 4 is 5.91 Å². The van der Waals surface area contributed by atoms with Crippen molar-refractivity contribution in [2.75, 3.05) is 13.2 Å². The van der Waals surface area contributed by atoms with Crippen LogP contribution in [0.3, 0.4) is 0 Å². The molecule has 0 radical (unpaired) electrons. The van der Waals surface area contributed by atoms with Crippen LogP contribution in [0.25, 0.3) is 0 Å². The summed E-state index contributed by atoms with van der Waals surface area (Å²) in [5, 5.41) is 11.7. The molecule has 1 atom stereocenters. The third-order valence-electron chi connectivity index (χ3n) is 1.90. The molecule has 14 heavy (non-hydrogen) atoms. The summed E-state index contributed by atoms with van der Waals surface area (Å²) in [6, 6.07) is -0.182. The minimum atomic E-state index is -0.182. The van der Waals surface area contributed by atoms with Gasteiger partial charge in [-0.2, -0.15) is 0 Å². The van der Waals surface area contributed by atoms with E-state index in [1.807, 2.05) is 27.7 Å². The topological polar surface area (TPSA) is 58.6 Å². The fraction of sp³-hybridized carbons (Fsp3) is 0.900. The van der Waals surface area contributed by atoms with Gasteiger partial charge in [-0.15, -0.1) is 0 Å². The van der Waals surface area contributed by atoms with Gasteiger partial charge in [-0.1, -0.05) is 13.8 Å². The maximum Gasteiger partial charge on any atom is 0.246 e. The molecule has 0 fully saturated rings. The van der Waals surface area contributed by atoms with Crippen molar-refractivity contribution in [2.24, 2.45) is 5.92 Å². The predicted octanol–water partition coefficient (Wildman–Crippen LogP) is 0.544. The second-order valence-electron chi connectivity index (χ2n) is 3.96. The molecule has 1 amide bonds. The summed E-state index contributed by atoms with van der Waals surface area (Å²) in [5.74, 6) is 0.0504. The summed E-state index contributed by atoms with van der Waals surface area (Å²) < 4.78 is 5.14. The van der Waals surface area contributed by atoms with E-state index in [2.05, 4.69) is 5.32 Å². The van der Waals surface area contributed by atoms with Crippen LogP contribution in [0, 0.1) is 5.92 Å². The largest absolute Gasteiger partial charge is 0.394 e. The average molecular weight is 203 g/mol. The van der Waals surface area contributed by atoms with E-state index in [4.69, 9.17) is 9.84 Å². The highest BCUT2D eigenvalue weighted by Crippen LogP contribution is 2.00. The van der Waals surface area contributed by atoms with E-state index >= 15 is 0 Å². The summed E-state index contributed by atoms with van der Waals surface area (Å²) in [6.45, 7) is 7.67. The lowest BCUT2D eigenvalue weighted by Gasteiger charge is -2.20. The Bertz CT molecular complexity index is 169. The molecule has 1 unspecified atom stereocenters. The lowest BCUT2D eigenvalue weighted by Crippen LogP contribution is -2.43. The average Bonchev–Trinajstić information content (AvgIpc) is 2.10. The van der Waals surface area contributed by atoms with Gasteiger partial charge >= 0.3 is 0 Å². The lowest BCUT2D eigenvalue weighted by atomic mass is 10.1. The molecule has 4 heteroatoms. The number of carbonyl (C=O) groups excluding carboxylic acids is 1. The molecule has 0 spiro atoms. The van der Waals surface area contributed by atoms with E-state index in [0.29, 0.717) is 0 Å². The number of carbonyl (C=O) groups is 1. The SMILES string of the molecule is CC(C)OCC(=O)NC(CO)C(C)C. The molecule has 0 saturated heterocycles. The highest BCUT2D eigenvalue weighted by molar-refractivity contribution is 5.77. The van der Waals surface area contributed by atoms with Crippen LogP contribution < -0.4 is 5.32 Å². The zero-order valence-corrected chi connectivity index (χ0v) is 9.41. The molecule has 0 aliphatic carbocycles. The van der Waals surface area contributed by atoms with Crippen LogP contribution in [0.1, 0.15) is 27.7 Å². The summed E-state index contributed by atoms with van der Waals surface area (Å²) in [5.41, 5.74) is 0. The summed E-state index contributed by atoms with van der Waals surface area (Å²) in [4.78, 5) is 11.3. The van der Waals surface area contributed by atoms with Gasteiger partial charge in [0.15, 0.2) is 0 Å². The van der Waals surface area contributed by atoms with E-state index in [-0.39, 0.29) is 37.2 Å². The Morgan fingerprint density at radius 3 is 2.29 bits per heavy atom. The van der Waals surface area contributed by atoms with Crippen molar-refractivity contribution in [1.29, 1.82) is 0 Å². The number of ether oxygens (including phenoxy) is 1. The molecule has 0 aliphatic heterocycles. The Kier molecular flexibility index (Phi) is 6.49. The molecule has 0 aromatic carbocycles. The molecule has 0 bridgehead atoms. The van der Waals surface area contributed by atoms with Crippen LogP contribution in [0.5, 0.6) is 0 Å². The first kappa shape index (κ1) is 13.4. The molecular weight excluding hydrogens is 182 g/mol. The zero-order chi connectivity index (χ0) is 11.1. The maximum absolute atomic E-state index is 11.3. The van der Waals surface area contributed by atoms with Crippen molar-refractivity contribution < 1.29 is 14.6 Å². The first-order chi connectivity index (χ1) is 6.47. The van der Waals surface area contributed by atoms with E-state index < -0.39 is 0 Å². The maximum atomic E-state index is 11.3. The van der Waals surface area contributed by atoms with Crippen LogP contribution in [-0.2, 0) is 9.53 Å². The van der Waals surface area contributed by atoms with Crippen LogP contribution in [0.4, 0.5) is 0 Å². The number of aliphatic hydroxyl groups excluding tert-OH is 1. The lowest BCUT2D eigenvalue weighted by molar-refractivity contribution is -0.128. The van der Waals surface area contributed by atoms with Crippen LogP contribution in [0.2, 0.25) is 0 Å². The summed E-state index contributed by atoms with van der Waals surface area (Å²) in [6.07, 6.45) is 0.0485. The van der Waals surface area contributed by atoms with Crippen LogP contribution in [0.15, 0.2) is 0 Å². The molecule has 84 valence electrons. The zero-order valence-electron chi connectivity index (χ0n) is 9.41. The van der Waals surface area contributed by atoms with Crippen molar-refractivity contribution in [3.63, 3.8) is 0 Å². The standard InChI is InChI=1S/C10H21NO3/c1-7(2)9(5-12)11-10(13)6-14-8(3)4/h7-9,12H,5-6H2,1-4H3,(H,11,13). The monoisotopic (exact) mass is 203 g/mol. The molecule has 2 N–H and O–H groups in total. The number of amides is 1. The minimum absolute atomic E-state index is 0.0366. The Balaban J connectivity index is 3.79. The van der Waals surface area contributed by atoms with Gasteiger partial charge in [0.1, 0.15) is 6.61 Å². The Hall–Kier alpha value is -0.610. The van der Waals surface area contributed by atoms with Gasteiger partial charge in [0, 0.05) is 0 Å². The molecule has 4 nitrogen and oxygen atoms in total. The number of nitrogens with one attached hydrogen (secondary N) is 1. The molecule has 0 aromatic rings. The highest BCUT2D eigenvalue weighted by Gasteiger charge is 2.14. The summed E-state index contributed by atoms with van der Waals surface area (Å²) in [7, 11) is 0. The Morgan fingerprint density at radius 1 is 1.36 bits per heavy atom. The van der Waals surface area contributed by atoms with E-state index in [9.17, 15) is 4.79 Å². The normalized spacial score (nSPS) is 13.4. The Labute approximate surface area is 85.6 Å². The summed E-state index contributed by atoms with van der Waals surface area (Å²) >= 11 is 0. The molecular formula is C10H21NO3. The second kappa shape index (κ2) is 6.79. The van der Waals surface area contributed by atoms with Crippen molar-refractivity contribution in [2.45, 2.75) is 39.8 Å². The number of hydrogen-bond acceptors (Lipinski definition) is 3. The highest BCUT2D eigenvalue weighted by atomic mass is 16.5. The van der Waals surface area contributed by atoms with Gasteiger partial charge in [-0.3, -0.25) is 4.79 Å². The van der Waals surface area contributed by atoms with Gasteiger partial charge in [-0.25, -0.2) is 0 Å². The molecule has 0 saturated carbocycles. The molecule has 0 aliphatic rings. The van der Waals surface area contributed by atoms with Gasteiger partial charge in [-0.05, 0) is 19.8 Å². The number of hydrogen-bond donors (Lipinski definition) is 2. The first-order valence-electron chi connectivity index (χ1n) is 4.99. The smallest absolute Gasteiger partial charge is 0.246 e. The first-order valence-corrected chi connectivity index (χ1v) is 4.99. The molecule has 0 rings (SSSR count). The van der Waals surface area contributed by atoms with E-state index in [1.165, 1.54) is 0 Å².